The van der Waals surface area contributed by atoms with E-state index in [2.05, 4.69) is 19.2 Å². The van der Waals surface area contributed by atoms with Crippen LogP contribution in [0, 0.1) is 11.8 Å². The molecule has 1 aliphatic rings. The van der Waals surface area contributed by atoms with E-state index in [-0.39, 0.29) is 16.6 Å². The fourth-order valence-electron chi connectivity index (χ4n) is 3.50. The Balaban J connectivity index is 1.72. The highest BCUT2D eigenvalue weighted by Crippen LogP contribution is 2.27. The molecule has 1 saturated heterocycles. The molecule has 1 N–H and O–H groups in total. The minimum Gasteiger partial charge on any atom is -0.321 e. The average molecular weight is 421 g/mol. The van der Waals surface area contributed by atoms with Crippen LogP contribution in [0.1, 0.15) is 46.5 Å². The molecule has 150 valence electrons. The van der Waals surface area contributed by atoms with Gasteiger partial charge in [0.15, 0.2) is 5.78 Å². The van der Waals surface area contributed by atoms with Crippen molar-refractivity contribution in [2.45, 2.75) is 32.1 Å². The smallest absolute Gasteiger partial charge is 0.265 e. The van der Waals surface area contributed by atoms with Gasteiger partial charge in [-0.05, 0) is 61.6 Å². The molecular weight excluding hydrogens is 396 g/mol. The van der Waals surface area contributed by atoms with Gasteiger partial charge in [-0.15, -0.1) is 11.3 Å². The van der Waals surface area contributed by atoms with Crippen LogP contribution < -0.4 is 5.32 Å². The van der Waals surface area contributed by atoms with Crippen LogP contribution >= 0.6 is 11.3 Å². The third-order valence-electron chi connectivity index (χ3n) is 4.76. The second-order valence-electron chi connectivity index (χ2n) is 7.47. The van der Waals surface area contributed by atoms with Crippen LogP contribution in [0.5, 0.6) is 0 Å². The van der Waals surface area contributed by atoms with Crippen LogP contribution in [0.15, 0.2) is 41.3 Å². The summed E-state index contributed by atoms with van der Waals surface area (Å²) < 4.78 is 27.4. The van der Waals surface area contributed by atoms with E-state index in [1.807, 2.05) is 0 Å². The Morgan fingerprint density at radius 2 is 1.57 bits per heavy atom. The highest BCUT2D eigenvalue weighted by molar-refractivity contribution is 7.89. The van der Waals surface area contributed by atoms with Gasteiger partial charge in [-0.2, -0.15) is 4.31 Å². The molecule has 6 nitrogen and oxygen atoms in total. The van der Waals surface area contributed by atoms with Crippen molar-refractivity contribution in [3.8, 4) is 0 Å². The summed E-state index contributed by atoms with van der Waals surface area (Å²) in [6.45, 7) is 6.65. The van der Waals surface area contributed by atoms with Crippen molar-refractivity contribution in [1.29, 1.82) is 0 Å². The number of nitrogens with zero attached hydrogens (tertiary/aromatic N) is 1. The van der Waals surface area contributed by atoms with Gasteiger partial charge in [-0.25, -0.2) is 8.42 Å². The normalized spacial score (nSPS) is 20.7. The maximum atomic E-state index is 12.9. The van der Waals surface area contributed by atoms with Crippen molar-refractivity contribution in [2.24, 2.45) is 11.8 Å². The lowest BCUT2D eigenvalue weighted by atomic mass is 9.94. The van der Waals surface area contributed by atoms with Crippen LogP contribution in [-0.2, 0) is 10.0 Å². The first-order valence-corrected chi connectivity index (χ1v) is 11.4. The number of carbonyl (C=O) groups is 2. The van der Waals surface area contributed by atoms with E-state index in [1.165, 1.54) is 19.1 Å². The zero-order chi connectivity index (χ0) is 20.5. The minimum atomic E-state index is -3.55. The standard InChI is InChI=1S/C20H24N2O4S2/c1-13-10-14(2)12-22(11-13)28(25,26)17-6-4-16(5-7-17)21-20(24)19-9-8-18(27-19)15(3)23/h4-9,13-14H,10-12H2,1-3H3,(H,21,24)/t13-,14-/m1/s1. The molecule has 0 saturated carbocycles. The van der Waals surface area contributed by atoms with E-state index in [0.717, 1.165) is 17.8 Å². The number of benzene rings is 1. The Morgan fingerprint density at radius 1 is 1.00 bits per heavy atom. The summed E-state index contributed by atoms with van der Waals surface area (Å²) >= 11 is 1.13. The van der Waals surface area contributed by atoms with E-state index in [0.29, 0.717) is 40.4 Å². The van der Waals surface area contributed by atoms with Crippen molar-refractivity contribution >= 4 is 38.7 Å². The van der Waals surface area contributed by atoms with Crippen LogP contribution in [0.2, 0.25) is 0 Å². The summed E-state index contributed by atoms with van der Waals surface area (Å²) in [6.07, 6.45) is 1.03. The third kappa shape index (κ3) is 4.51. The molecule has 0 bridgehead atoms. The molecule has 3 rings (SSSR count). The van der Waals surface area contributed by atoms with E-state index < -0.39 is 10.0 Å². The van der Waals surface area contributed by atoms with Crippen molar-refractivity contribution in [2.75, 3.05) is 18.4 Å². The first-order valence-electron chi connectivity index (χ1n) is 9.19. The number of anilines is 1. The quantitative estimate of drug-likeness (QED) is 0.744. The number of sulfonamides is 1. The number of piperidine rings is 1. The van der Waals surface area contributed by atoms with E-state index in [9.17, 15) is 18.0 Å². The summed E-state index contributed by atoms with van der Waals surface area (Å²) in [6, 6.07) is 9.43. The molecule has 2 heterocycles. The second-order valence-corrected chi connectivity index (χ2v) is 10.5. The van der Waals surface area contributed by atoms with Crippen molar-refractivity contribution in [1.82, 2.24) is 4.31 Å². The lowest BCUT2D eigenvalue weighted by Gasteiger charge is -2.34. The number of amides is 1. The zero-order valence-corrected chi connectivity index (χ0v) is 17.8. The fraction of sp³-hybridized carbons (Fsp3) is 0.400. The van der Waals surface area contributed by atoms with Gasteiger partial charge in [0, 0.05) is 18.8 Å². The van der Waals surface area contributed by atoms with Gasteiger partial charge >= 0.3 is 0 Å². The van der Waals surface area contributed by atoms with Crippen LogP contribution in [0.4, 0.5) is 5.69 Å². The maximum absolute atomic E-state index is 12.9. The fourth-order valence-corrected chi connectivity index (χ4v) is 5.98. The largest absolute Gasteiger partial charge is 0.321 e. The van der Waals surface area contributed by atoms with E-state index in [1.54, 1.807) is 28.6 Å². The van der Waals surface area contributed by atoms with Gasteiger partial charge in [0.25, 0.3) is 5.91 Å². The molecule has 1 aliphatic heterocycles. The molecular formula is C20H24N2O4S2. The Kier molecular flexibility index (Phi) is 6.02. The lowest BCUT2D eigenvalue weighted by Crippen LogP contribution is -2.42. The van der Waals surface area contributed by atoms with Crippen LogP contribution in [-0.4, -0.2) is 37.5 Å². The number of ketones is 1. The Labute approximate surface area is 169 Å². The molecule has 0 unspecified atom stereocenters. The van der Waals surface area contributed by atoms with Gasteiger partial charge in [0.05, 0.1) is 14.6 Å². The number of carbonyl (C=O) groups excluding carboxylic acids is 2. The molecule has 0 radical (unpaired) electrons. The summed E-state index contributed by atoms with van der Waals surface area (Å²) in [5.74, 6) is 0.261. The van der Waals surface area contributed by atoms with Crippen molar-refractivity contribution in [3.63, 3.8) is 0 Å². The number of hydrogen-bond donors (Lipinski definition) is 1. The lowest BCUT2D eigenvalue weighted by molar-refractivity contribution is 0.101. The highest BCUT2D eigenvalue weighted by Gasteiger charge is 2.31. The van der Waals surface area contributed by atoms with Gasteiger partial charge < -0.3 is 5.32 Å². The maximum Gasteiger partial charge on any atom is 0.265 e. The first-order chi connectivity index (χ1) is 13.2. The Morgan fingerprint density at radius 3 is 2.11 bits per heavy atom. The molecule has 1 aromatic heterocycles. The van der Waals surface area contributed by atoms with E-state index >= 15 is 0 Å². The third-order valence-corrected chi connectivity index (χ3v) is 7.79. The number of nitrogens with one attached hydrogen (secondary N) is 1. The number of rotatable bonds is 5. The van der Waals surface area contributed by atoms with Crippen molar-refractivity contribution < 1.29 is 18.0 Å². The SMILES string of the molecule is CC(=O)c1ccc(C(=O)Nc2ccc(S(=O)(=O)N3C[C@H](C)C[C@@H](C)C3)cc2)s1. The molecule has 0 spiro atoms. The van der Waals surface area contributed by atoms with E-state index in [4.69, 9.17) is 0 Å². The average Bonchev–Trinajstić information content (AvgIpc) is 3.12. The summed E-state index contributed by atoms with van der Waals surface area (Å²) in [5, 5.41) is 2.73. The molecule has 2 atom stereocenters. The van der Waals surface area contributed by atoms with Gasteiger partial charge in [0.1, 0.15) is 0 Å². The topological polar surface area (TPSA) is 83.5 Å². The Bertz CT molecular complexity index is 970. The molecule has 2 aromatic rings. The van der Waals surface area contributed by atoms with Crippen LogP contribution in [0.25, 0.3) is 0 Å². The number of Topliss-reactive ketones (excluding diaryl/α,β-unsaturated/α-hetero) is 1. The molecule has 1 amide bonds. The predicted octanol–water partition coefficient (Wildman–Crippen LogP) is 3.87. The number of hydrogen-bond acceptors (Lipinski definition) is 5. The molecule has 1 aromatic carbocycles. The molecule has 1 fully saturated rings. The van der Waals surface area contributed by atoms with Crippen LogP contribution in [0.3, 0.4) is 0 Å². The van der Waals surface area contributed by atoms with Crippen molar-refractivity contribution in [3.05, 3.63) is 46.2 Å². The summed E-state index contributed by atoms with van der Waals surface area (Å²) in [4.78, 5) is 24.9. The highest BCUT2D eigenvalue weighted by atomic mass is 32.2. The predicted molar refractivity (Wildman–Crippen MR) is 110 cm³/mol. The molecule has 28 heavy (non-hydrogen) atoms. The monoisotopic (exact) mass is 420 g/mol. The zero-order valence-electron chi connectivity index (χ0n) is 16.1. The second kappa shape index (κ2) is 8.14. The summed E-state index contributed by atoms with van der Waals surface area (Å²) in [5.41, 5.74) is 0.502. The Hall–Kier alpha value is -2.03. The minimum absolute atomic E-state index is 0.0834. The van der Waals surface area contributed by atoms with Gasteiger partial charge in [-0.3, -0.25) is 9.59 Å². The molecule has 0 aliphatic carbocycles. The van der Waals surface area contributed by atoms with Gasteiger partial charge in [-0.1, -0.05) is 13.8 Å². The summed E-state index contributed by atoms with van der Waals surface area (Å²) in [7, 11) is -3.55. The van der Waals surface area contributed by atoms with Gasteiger partial charge in [0.2, 0.25) is 10.0 Å². The number of thiophene rings is 1. The first kappa shape index (κ1) is 20.7. The molecule has 8 heteroatoms.